The maximum Gasteiger partial charge on any atom is 0.416 e. The molecular formula is C18H23F3N4OS. The molecule has 0 bridgehead atoms. The lowest BCUT2D eigenvalue weighted by Gasteiger charge is -2.20. The zero-order valence-electron chi connectivity index (χ0n) is 15.7. The predicted octanol–water partition coefficient (Wildman–Crippen LogP) is 3.77. The highest BCUT2D eigenvalue weighted by atomic mass is 32.1. The Balaban J connectivity index is 2.34. The van der Waals surface area contributed by atoms with Crippen molar-refractivity contribution in [3.05, 3.63) is 45.7 Å². The number of rotatable bonds is 5. The summed E-state index contributed by atoms with van der Waals surface area (Å²) < 4.78 is 39.9. The molecule has 0 aliphatic heterocycles. The van der Waals surface area contributed by atoms with Crippen LogP contribution in [0.25, 0.3) is 5.69 Å². The minimum atomic E-state index is -4.38. The van der Waals surface area contributed by atoms with Crippen molar-refractivity contribution in [2.75, 3.05) is 33.7 Å². The average Bonchev–Trinajstić information content (AvgIpc) is 2.94. The third-order valence-corrected chi connectivity index (χ3v) is 4.80. The molecule has 148 valence electrons. The smallest absolute Gasteiger partial charge is 0.322 e. The molecule has 0 N–H and O–H groups in total. The fourth-order valence-electron chi connectivity index (χ4n) is 2.39. The van der Waals surface area contributed by atoms with Crippen LogP contribution in [0.2, 0.25) is 0 Å². The summed E-state index contributed by atoms with van der Waals surface area (Å²) in [7, 11) is 3.85. The summed E-state index contributed by atoms with van der Waals surface area (Å²) in [4.78, 5) is 21.7. The minimum Gasteiger partial charge on any atom is -0.322 e. The van der Waals surface area contributed by atoms with E-state index in [9.17, 15) is 18.0 Å². The van der Waals surface area contributed by atoms with Crippen LogP contribution >= 0.6 is 11.3 Å². The molecule has 0 radical (unpaired) electrons. The molecule has 5 nitrogen and oxygen atoms in total. The third-order valence-electron chi connectivity index (χ3n) is 3.90. The number of amides is 2. The van der Waals surface area contributed by atoms with Gasteiger partial charge in [0.25, 0.3) is 0 Å². The van der Waals surface area contributed by atoms with Crippen LogP contribution in [0.1, 0.15) is 17.4 Å². The Labute approximate surface area is 160 Å². The largest absolute Gasteiger partial charge is 0.416 e. The quantitative estimate of drug-likeness (QED) is 0.767. The van der Waals surface area contributed by atoms with E-state index in [2.05, 4.69) is 4.99 Å². The van der Waals surface area contributed by atoms with Crippen molar-refractivity contribution in [3.63, 3.8) is 0 Å². The number of hydrogen-bond acceptors (Lipinski definition) is 3. The highest BCUT2D eigenvalue weighted by Gasteiger charge is 2.30. The molecule has 2 rings (SSSR count). The third kappa shape index (κ3) is 5.67. The number of benzene rings is 1. The van der Waals surface area contributed by atoms with Crippen LogP contribution in [0.5, 0.6) is 0 Å². The standard InChI is InChI=1S/C18H23F3N4OS/c1-5-24(11-10-23(3)4)16(26)22-17-25(12-13(2)27-17)15-8-6-14(7-9-15)18(19,20)21/h6-9,12H,5,10-11H2,1-4H3/b22-17-. The number of aromatic nitrogens is 1. The van der Waals surface area contributed by atoms with E-state index in [1.807, 2.05) is 32.8 Å². The molecule has 1 aromatic heterocycles. The van der Waals surface area contributed by atoms with Crippen molar-refractivity contribution >= 4 is 17.4 Å². The number of alkyl halides is 3. The Morgan fingerprint density at radius 3 is 2.33 bits per heavy atom. The summed E-state index contributed by atoms with van der Waals surface area (Å²) in [6, 6.07) is 4.44. The van der Waals surface area contributed by atoms with Crippen LogP contribution in [0.3, 0.4) is 0 Å². The second-order valence-electron chi connectivity index (χ2n) is 6.32. The fourth-order valence-corrected chi connectivity index (χ4v) is 3.22. The molecule has 0 atom stereocenters. The molecule has 0 aliphatic rings. The van der Waals surface area contributed by atoms with E-state index in [1.54, 1.807) is 15.7 Å². The molecule has 2 aromatic rings. The molecule has 1 aromatic carbocycles. The van der Waals surface area contributed by atoms with Crippen LogP contribution in [-0.2, 0) is 6.18 Å². The van der Waals surface area contributed by atoms with E-state index in [4.69, 9.17) is 0 Å². The lowest BCUT2D eigenvalue weighted by Crippen LogP contribution is -2.35. The molecule has 27 heavy (non-hydrogen) atoms. The van der Waals surface area contributed by atoms with Crippen LogP contribution in [0.15, 0.2) is 35.5 Å². The molecular weight excluding hydrogens is 377 g/mol. The Hall–Kier alpha value is -2.13. The second-order valence-corrected chi connectivity index (χ2v) is 7.53. The fraction of sp³-hybridized carbons (Fsp3) is 0.444. The number of thiazole rings is 1. The first kappa shape index (κ1) is 21.2. The first-order valence-electron chi connectivity index (χ1n) is 8.47. The Morgan fingerprint density at radius 1 is 1.19 bits per heavy atom. The Morgan fingerprint density at radius 2 is 1.81 bits per heavy atom. The van der Waals surface area contributed by atoms with Gasteiger partial charge in [-0.2, -0.15) is 18.2 Å². The topological polar surface area (TPSA) is 40.8 Å². The lowest BCUT2D eigenvalue weighted by molar-refractivity contribution is -0.137. The summed E-state index contributed by atoms with van der Waals surface area (Å²) >= 11 is 1.32. The molecule has 0 aliphatic carbocycles. The Kier molecular flexibility index (Phi) is 6.83. The number of likely N-dealkylation sites (N-methyl/N-ethyl adjacent to an activating group) is 2. The van der Waals surface area contributed by atoms with Crippen LogP contribution in [-0.4, -0.2) is 54.1 Å². The number of halogens is 3. The summed E-state index contributed by atoms with van der Waals surface area (Å²) in [5.41, 5.74) is -0.190. The van der Waals surface area contributed by atoms with Gasteiger partial charge in [-0.3, -0.25) is 4.57 Å². The number of nitrogens with zero attached hydrogens (tertiary/aromatic N) is 4. The first-order valence-corrected chi connectivity index (χ1v) is 9.28. The zero-order valence-corrected chi connectivity index (χ0v) is 16.6. The first-order chi connectivity index (χ1) is 12.6. The molecule has 9 heteroatoms. The van der Waals surface area contributed by atoms with Crippen molar-refractivity contribution in [2.45, 2.75) is 20.0 Å². The van der Waals surface area contributed by atoms with Gasteiger partial charge in [-0.15, -0.1) is 11.3 Å². The molecule has 0 saturated carbocycles. The summed E-state index contributed by atoms with van der Waals surface area (Å²) in [5, 5.41) is 0. The normalized spacial score (nSPS) is 12.7. The summed E-state index contributed by atoms with van der Waals surface area (Å²) in [5.74, 6) is 0. The van der Waals surface area contributed by atoms with Gasteiger partial charge >= 0.3 is 12.2 Å². The van der Waals surface area contributed by atoms with Gasteiger partial charge in [0.2, 0.25) is 0 Å². The molecule has 2 amide bonds. The summed E-state index contributed by atoms with van der Waals surface area (Å²) in [6.07, 6.45) is -2.62. The maximum atomic E-state index is 12.8. The van der Waals surface area contributed by atoms with E-state index in [0.717, 1.165) is 23.6 Å². The van der Waals surface area contributed by atoms with Crippen LogP contribution < -0.4 is 4.80 Å². The van der Waals surface area contributed by atoms with Crippen molar-refractivity contribution in [3.8, 4) is 5.69 Å². The second kappa shape index (κ2) is 8.71. The van der Waals surface area contributed by atoms with E-state index in [0.29, 0.717) is 23.6 Å². The van der Waals surface area contributed by atoms with Gasteiger partial charge in [0.05, 0.1) is 5.56 Å². The maximum absolute atomic E-state index is 12.8. The average molecular weight is 400 g/mol. The number of urea groups is 1. The van der Waals surface area contributed by atoms with E-state index < -0.39 is 11.7 Å². The van der Waals surface area contributed by atoms with Crippen molar-refractivity contribution in [1.82, 2.24) is 14.4 Å². The monoisotopic (exact) mass is 400 g/mol. The van der Waals surface area contributed by atoms with Crippen molar-refractivity contribution in [1.29, 1.82) is 0 Å². The summed E-state index contributed by atoms with van der Waals surface area (Å²) in [6.45, 7) is 5.54. The number of carbonyl (C=O) groups excluding carboxylic acids is 1. The number of aryl methyl sites for hydroxylation is 1. The van der Waals surface area contributed by atoms with Gasteiger partial charge in [-0.25, -0.2) is 4.79 Å². The van der Waals surface area contributed by atoms with Crippen molar-refractivity contribution < 1.29 is 18.0 Å². The molecule has 0 saturated heterocycles. The lowest BCUT2D eigenvalue weighted by atomic mass is 10.2. The van der Waals surface area contributed by atoms with Gasteiger partial charge in [0.1, 0.15) is 0 Å². The Bertz CT molecular complexity index is 838. The van der Waals surface area contributed by atoms with E-state index >= 15 is 0 Å². The predicted molar refractivity (Wildman–Crippen MR) is 100 cm³/mol. The van der Waals surface area contributed by atoms with Crippen LogP contribution in [0.4, 0.5) is 18.0 Å². The van der Waals surface area contributed by atoms with E-state index in [-0.39, 0.29) is 6.03 Å². The molecule has 0 unspecified atom stereocenters. The number of hydrogen-bond donors (Lipinski definition) is 0. The van der Waals surface area contributed by atoms with Crippen molar-refractivity contribution in [2.24, 2.45) is 4.99 Å². The number of carbonyl (C=O) groups is 1. The SMILES string of the molecule is CCN(CCN(C)C)C(=O)/N=c1\sc(C)cn1-c1ccc(C(F)(F)F)cc1. The van der Waals surface area contributed by atoms with Gasteiger partial charge in [-0.1, -0.05) is 0 Å². The van der Waals surface area contributed by atoms with Crippen LogP contribution in [0, 0.1) is 6.92 Å². The molecule has 0 spiro atoms. The van der Waals surface area contributed by atoms with Gasteiger partial charge < -0.3 is 9.80 Å². The molecule has 1 heterocycles. The highest BCUT2D eigenvalue weighted by molar-refractivity contribution is 7.09. The van der Waals surface area contributed by atoms with Gasteiger partial charge in [0, 0.05) is 36.4 Å². The minimum absolute atomic E-state index is 0.359. The van der Waals surface area contributed by atoms with Gasteiger partial charge in [0.15, 0.2) is 4.80 Å². The molecule has 0 fully saturated rings. The zero-order chi connectivity index (χ0) is 20.2. The highest BCUT2D eigenvalue weighted by Crippen LogP contribution is 2.29. The van der Waals surface area contributed by atoms with E-state index in [1.165, 1.54) is 23.5 Å². The van der Waals surface area contributed by atoms with Gasteiger partial charge in [-0.05, 0) is 52.2 Å².